The largest absolute Gasteiger partial charge is 0.463 e. The fourth-order valence-corrected chi connectivity index (χ4v) is 2.02. The standard InChI is InChI=1S/C11H10OS/c1-2-4-9-6-7-12-11(9)10-5-3-8-13-10/h2-3,5-8H,1,4H2. The van der Waals surface area contributed by atoms with Gasteiger partial charge in [0.2, 0.25) is 0 Å². The first kappa shape index (κ1) is 8.32. The maximum absolute atomic E-state index is 5.42. The van der Waals surface area contributed by atoms with Gasteiger partial charge in [-0.05, 0) is 23.9 Å². The third-order valence-electron chi connectivity index (χ3n) is 1.86. The SMILES string of the molecule is C=CCc1ccoc1-c1cccs1. The summed E-state index contributed by atoms with van der Waals surface area (Å²) in [6.45, 7) is 3.72. The average Bonchev–Trinajstić information content (AvgIpc) is 2.71. The van der Waals surface area contributed by atoms with Crippen molar-refractivity contribution < 1.29 is 4.42 Å². The molecule has 0 N–H and O–H groups in total. The van der Waals surface area contributed by atoms with Gasteiger partial charge in [0.05, 0.1) is 11.1 Å². The molecule has 66 valence electrons. The van der Waals surface area contributed by atoms with Crippen LogP contribution in [0.15, 0.2) is 46.9 Å². The van der Waals surface area contributed by atoms with Gasteiger partial charge in [-0.25, -0.2) is 0 Å². The molecular weight excluding hydrogens is 180 g/mol. The fraction of sp³-hybridized carbons (Fsp3) is 0.0909. The van der Waals surface area contributed by atoms with E-state index in [2.05, 4.69) is 18.0 Å². The van der Waals surface area contributed by atoms with Crippen LogP contribution in [0.1, 0.15) is 5.56 Å². The zero-order chi connectivity index (χ0) is 9.10. The Morgan fingerprint density at radius 2 is 2.38 bits per heavy atom. The first-order chi connectivity index (χ1) is 6.42. The molecule has 2 heteroatoms. The lowest BCUT2D eigenvalue weighted by molar-refractivity contribution is 0.581. The Morgan fingerprint density at radius 1 is 1.46 bits per heavy atom. The fourth-order valence-electron chi connectivity index (χ4n) is 1.28. The summed E-state index contributed by atoms with van der Waals surface area (Å²) in [5, 5.41) is 2.05. The van der Waals surface area contributed by atoms with E-state index in [1.807, 2.05) is 18.2 Å². The van der Waals surface area contributed by atoms with E-state index in [4.69, 9.17) is 4.42 Å². The van der Waals surface area contributed by atoms with Crippen molar-refractivity contribution in [2.75, 3.05) is 0 Å². The van der Waals surface area contributed by atoms with Crippen molar-refractivity contribution in [3.8, 4) is 10.6 Å². The van der Waals surface area contributed by atoms with Crippen molar-refractivity contribution >= 4 is 11.3 Å². The third kappa shape index (κ3) is 1.58. The van der Waals surface area contributed by atoms with E-state index < -0.39 is 0 Å². The van der Waals surface area contributed by atoms with Crippen LogP contribution in [-0.2, 0) is 6.42 Å². The van der Waals surface area contributed by atoms with Crippen molar-refractivity contribution in [2.24, 2.45) is 0 Å². The lowest BCUT2D eigenvalue weighted by Crippen LogP contribution is -1.78. The number of furan rings is 1. The van der Waals surface area contributed by atoms with Gasteiger partial charge in [0.25, 0.3) is 0 Å². The molecular formula is C11H10OS. The van der Waals surface area contributed by atoms with Gasteiger partial charge >= 0.3 is 0 Å². The van der Waals surface area contributed by atoms with Crippen molar-refractivity contribution in [2.45, 2.75) is 6.42 Å². The second-order valence-electron chi connectivity index (χ2n) is 2.75. The molecule has 2 aromatic rings. The number of hydrogen-bond acceptors (Lipinski definition) is 2. The van der Waals surface area contributed by atoms with Gasteiger partial charge in [-0.1, -0.05) is 12.1 Å². The Hall–Kier alpha value is -1.28. The van der Waals surface area contributed by atoms with Crippen molar-refractivity contribution in [1.82, 2.24) is 0 Å². The van der Waals surface area contributed by atoms with Crippen LogP contribution in [0.5, 0.6) is 0 Å². The smallest absolute Gasteiger partial charge is 0.147 e. The van der Waals surface area contributed by atoms with Crippen LogP contribution in [0.4, 0.5) is 0 Å². The summed E-state index contributed by atoms with van der Waals surface area (Å²) in [7, 11) is 0. The molecule has 0 saturated heterocycles. The Morgan fingerprint density at radius 3 is 3.08 bits per heavy atom. The lowest BCUT2D eigenvalue weighted by Gasteiger charge is -1.95. The molecule has 0 aliphatic rings. The molecule has 2 heterocycles. The number of hydrogen-bond donors (Lipinski definition) is 0. The van der Waals surface area contributed by atoms with Crippen LogP contribution in [0, 0.1) is 0 Å². The van der Waals surface area contributed by atoms with Gasteiger partial charge in [-0.15, -0.1) is 17.9 Å². The topological polar surface area (TPSA) is 13.1 Å². The Labute approximate surface area is 81.3 Å². The van der Waals surface area contributed by atoms with Gasteiger partial charge < -0.3 is 4.42 Å². The number of thiophene rings is 1. The Bertz CT molecular complexity index is 384. The minimum Gasteiger partial charge on any atom is -0.463 e. The Kier molecular flexibility index (Phi) is 2.32. The van der Waals surface area contributed by atoms with Gasteiger partial charge in [-0.3, -0.25) is 0 Å². The van der Waals surface area contributed by atoms with E-state index >= 15 is 0 Å². The molecule has 0 spiro atoms. The summed E-state index contributed by atoms with van der Waals surface area (Å²) in [6, 6.07) is 6.09. The molecule has 2 rings (SSSR count). The van der Waals surface area contributed by atoms with Crippen molar-refractivity contribution in [1.29, 1.82) is 0 Å². The highest BCUT2D eigenvalue weighted by Gasteiger charge is 2.07. The zero-order valence-corrected chi connectivity index (χ0v) is 8.01. The molecule has 0 aliphatic heterocycles. The highest BCUT2D eigenvalue weighted by Crippen LogP contribution is 2.29. The van der Waals surface area contributed by atoms with E-state index in [0.717, 1.165) is 12.2 Å². The molecule has 0 aliphatic carbocycles. The average molecular weight is 190 g/mol. The zero-order valence-electron chi connectivity index (χ0n) is 7.19. The molecule has 0 aromatic carbocycles. The van der Waals surface area contributed by atoms with Gasteiger partial charge in [0, 0.05) is 5.56 Å². The minimum absolute atomic E-state index is 0.865. The highest BCUT2D eigenvalue weighted by molar-refractivity contribution is 7.13. The van der Waals surface area contributed by atoms with E-state index in [-0.39, 0.29) is 0 Å². The molecule has 0 amide bonds. The summed E-state index contributed by atoms with van der Waals surface area (Å²) >= 11 is 1.69. The lowest BCUT2D eigenvalue weighted by atomic mass is 10.1. The van der Waals surface area contributed by atoms with E-state index in [9.17, 15) is 0 Å². The van der Waals surface area contributed by atoms with Gasteiger partial charge in [-0.2, -0.15) is 0 Å². The second-order valence-corrected chi connectivity index (χ2v) is 3.69. The first-order valence-electron chi connectivity index (χ1n) is 4.13. The van der Waals surface area contributed by atoms with E-state index in [1.54, 1.807) is 17.6 Å². The molecule has 0 atom stereocenters. The predicted octanol–water partition coefficient (Wildman–Crippen LogP) is 3.74. The molecule has 2 aromatic heterocycles. The van der Waals surface area contributed by atoms with E-state index in [0.29, 0.717) is 0 Å². The highest BCUT2D eigenvalue weighted by atomic mass is 32.1. The van der Waals surface area contributed by atoms with Crippen LogP contribution in [0.3, 0.4) is 0 Å². The van der Waals surface area contributed by atoms with Crippen LogP contribution in [-0.4, -0.2) is 0 Å². The first-order valence-corrected chi connectivity index (χ1v) is 5.01. The summed E-state index contributed by atoms with van der Waals surface area (Å²) in [4.78, 5) is 1.18. The van der Waals surface area contributed by atoms with Crippen LogP contribution >= 0.6 is 11.3 Å². The van der Waals surface area contributed by atoms with Gasteiger partial charge in [0.1, 0.15) is 5.76 Å². The molecule has 0 radical (unpaired) electrons. The Balaban J connectivity index is 2.40. The summed E-state index contributed by atoms with van der Waals surface area (Å²) in [5.74, 6) is 0.981. The maximum atomic E-state index is 5.42. The summed E-state index contributed by atoms with van der Waals surface area (Å²) in [5.41, 5.74) is 1.21. The predicted molar refractivity (Wildman–Crippen MR) is 55.9 cm³/mol. The number of allylic oxidation sites excluding steroid dienone is 1. The molecule has 13 heavy (non-hydrogen) atoms. The maximum Gasteiger partial charge on any atom is 0.147 e. The molecule has 0 bridgehead atoms. The number of rotatable bonds is 3. The normalized spacial score (nSPS) is 10.2. The second kappa shape index (κ2) is 3.62. The molecule has 0 saturated carbocycles. The van der Waals surface area contributed by atoms with Crippen molar-refractivity contribution in [3.05, 3.63) is 48.1 Å². The van der Waals surface area contributed by atoms with E-state index in [1.165, 1.54) is 10.4 Å². The van der Waals surface area contributed by atoms with Crippen LogP contribution < -0.4 is 0 Å². The summed E-state index contributed by atoms with van der Waals surface area (Å²) < 4.78 is 5.42. The molecule has 1 nitrogen and oxygen atoms in total. The monoisotopic (exact) mass is 190 g/mol. The summed E-state index contributed by atoms with van der Waals surface area (Å²) in [6.07, 6.45) is 4.49. The van der Waals surface area contributed by atoms with Crippen molar-refractivity contribution in [3.63, 3.8) is 0 Å². The third-order valence-corrected chi connectivity index (χ3v) is 2.72. The minimum atomic E-state index is 0.865. The quantitative estimate of drug-likeness (QED) is 0.672. The molecule has 0 unspecified atom stereocenters. The molecule has 0 fully saturated rings. The van der Waals surface area contributed by atoms with Gasteiger partial charge in [0.15, 0.2) is 0 Å². The van der Waals surface area contributed by atoms with Crippen LogP contribution in [0.2, 0.25) is 0 Å². The van der Waals surface area contributed by atoms with Crippen LogP contribution in [0.25, 0.3) is 10.6 Å².